The third kappa shape index (κ3) is 5.46. The molecule has 1 amide bonds. The van der Waals surface area contributed by atoms with Gasteiger partial charge in [-0.15, -0.1) is 0 Å². The fraction of sp³-hybridized carbons (Fsp3) is 0.400. The number of rotatable bonds is 6. The molecule has 0 aliphatic carbocycles. The first kappa shape index (κ1) is 18.1. The number of aliphatic hydroxyl groups is 1. The second-order valence-electron chi connectivity index (χ2n) is 6.97. The van der Waals surface area contributed by atoms with Crippen molar-refractivity contribution in [3.8, 4) is 0 Å². The summed E-state index contributed by atoms with van der Waals surface area (Å²) in [6.45, 7) is 7.49. The van der Waals surface area contributed by atoms with Gasteiger partial charge in [0.05, 0.1) is 17.3 Å². The van der Waals surface area contributed by atoms with Crippen molar-refractivity contribution in [1.82, 2.24) is 10.3 Å². The van der Waals surface area contributed by atoms with Crippen molar-refractivity contribution in [1.29, 1.82) is 0 Å². The van der Waals surface area contributed by atoms with Crippen molar-refractivity contribution in [3.05, 3.63) is 65.0 Å². The highest BCUT2D eigenvalue weighted by Crippen LogP contribution is 2.15. The van der Waals surface area contributed by atoms with Gasteiger partial charge < -0.3 is 10.4 Å². The third-order valence-electron chi connectivity index (χ3n) is 3.94. The van der Waals surface area contributed by atoms with Gasteiger partial charge in [0.25, 0.3) is 5.91 Å². The second-order valence-corrected chi connectivity index (χ2v) is 6.97. The van der Waals surface area contributed by atoms with Crippen molar-refractivity contribution in [2.45, 2.75) is 52.2 Å². The van der Waals surface area contributed by atoms with E-state index in [0.29, 0.717) is 12.0 Å². The van der Waals surface area contributed by atoms with E-state index in [9.17, 15) is 9.90 Å². The average molecular weight is 326 g/mol. The standard InChI is InChI=1S/C20H26N2O2/c1-14-8-9-18(21-13-14)15(2)22-19(23)17-7-5-6-16(12-17)10-11-20(3,4)24/h5-9,12-13,15,24H,10-11H2,1-4H3,(H,22,23)/t15-/m0/s1. The van der Waals surface area contributed by atoms with Gasteiger partial charge in [-0.1, -0.05) is 18.2 Å². The highest BCUT2D eigenvalue weighted by atomic mass is 16.3. The normalized spacial score (nSPS) is 12.7. The van der Waals surface area contributed by atoms with E-state index in [-0.39, 0.29) is 11.9 Å². The monoisotopic (exact) mass is 326 g/mol. The fourth-order valence-electron chi connectivity index (χ4n) is 2.41. The Hall–Kier alpha value is -2.20. The van der Waals surface area contributed by atoms with Gasteiger partial charge in [0.15, 0.2) is 0 Å². The number of aromatic nitrogens is 1. The SMILES string of the molecule is Cc1ccc([C@H](C)NC(=O)c2cccc(CCC(C)(C)O)c2)nc1. The Labute approximate surface area is 143 Å². The molecule has 0 radical (unpaired) electrons. The maximum absolute atomic E-state index is 12.5. The molecule has 4 nitrogen and oxygen atoms in total. The molecule has 0 saturated carbocycles. The second kappa shape index (κ2) is 7.58. The molecule has 0 aliphatic heterocycles. The van der Waals surface area contributed by atoms with Crippen molar-refractivity contribution in [2.75, 3.05) is 0 Å². The van der Waals surface area contributed by atoms with Crippen LogP contribution in [0, 0.1) is 6.92 Å². The summed E-state index contributed by atoms with van der Waals surface area (Å²) in [6, 6.07) is 11.3. The molecule has 24 heavy (non-hydrogen) atoms. The zero-order valence-corrected chi connectivity index (χ0v) is 14.8. The Morgan fingerprint density at radius 3 is 2.67 bits per heavy atom. The molecule has 0 spiro atoms. The van der Waals surface area contributed by atoms with Crippen molar-refractivity contribution < 1.29 is 9.90 Å². The van der Waals surface area contributed by atoms with E-state index in [1.165, 1.54) is 0 Å². The molecule has 0 fully saturated rings. The largest absolute Gasteiger partial charge is 0.390 e. The van der Waals surface area contributed by atoms with Crippen LogP contribution in [0.25, 0.3) is 0 Å². The minimum atomic E-state index is -0.704. The number of nitrogens with one attached hydrogen (secondary N) is 1. The third-order valence-corrected chi connectivity index (χ3v) is 3.94. The summed E-state index contributed by atoms with van der Waals surface area (Å²) in [5.74, 6) is -0.116. The maximum Gasteiger partial charge on any atom is 0.251 e. The number of carbonyl (C=O) groups excluding carboxylic acids is 1. The molecule has 0 saturated heterocycles. The Kier molecular flexibility index (Phi) is 5.73. The number of nitrogens with zero attached hydrogens (tertiary/aromatic N) is 1. The highest BCUT2D eigenvalue weighted by molar-refractivity contribution is 5.94. The molecule has 2 rings (SSSR count). The molecule has 1 aromatic carbocycles. The summed E-state index contributed by atoms with van der Waals surface area (Å²) in [5.41, 5.74) is 2.90. The van der Waals surface area contributed by atoms with Crippen LogP contribution in [0.2, 0.25) is 0 Å². The average Bonchev–Trinajstić information content (AvgIpc) is 2.53. The van der Waals surface area contributed by atoms with E-state index in [4.69, 9.17) is 0 Å². The number of pyridine rings is 1. The number of amides is 1. The van der Waals surface area contributed by atoms with Crippen LogP contribution in [-0.4, -0.2) is 21.6 Å². The van der Waals surface area contributed by atoms with Crippen molar-refractivity contribution in [3.63, 3.8) is 0 Å². The summed E-state index contributed by atoms with van der Waals surface area (Å²) in [7, 11) is 0. The summed E-state index contributed by atoms with van der Waals surface area (Å²) in [4.78, 5) is 16.8. The van der Waals surface area contributed by atoms with E-state index < -0.39 is 5.60 Å². The summed E-state index contributed by atoms with van der Waals surface area (Å²) < 4.78 is 0. The van der Waals surface area contributed by atoms with E-state index in [2.05, 4.69) is 10.3 Å². The molecule has 0 unspecified atom stereocenters. The van der Waals surface area contributed by atoms with Crippen LogP contribution in [-0.2, 0) is 6.42 Å². The zero-order valence-electron chi connectivity index (χ0n) is 14.8. The fourth-order valence-corrected chi connectivity index (χ4v) is 2.41. The van der Waals surface area contributed by atoms with Gasteiger partial charge in [-0.3, -0.25) is 9.78 Å². The number of hydrogen-bond donors (Lipinski definition) is 2. The van der Waals surface area contributed by atoms with Crippen LogP contribution in [0.3, 0.4) is 0 Å². The van der Waals surface area contributed by atoms with E-state index in [1.807, 2.05) is 44.2 Å². The Balaban J connectivity index is 2.02. The van der Waals surface area contributed by atoms with Crippen LogP contribution in [0.1, 0.15) is 60.4 Å². The lowest BCUT2D eigenvalue weighted by Crippen LogP contribution is -2.27. The predicted octanol–water partition coefficient (Wildman–Crippen LogP) is 3.58. The Morgan fingerprint density at radius 2 is 2.04 bits per heavy atom. The first-order chi connectivity index (χ1) is 11.2. The molecule has 1 heterocycles. The molecule has 128 valence electrons. The molecule has 2 N–H and O–H groups in total. The minimum absolute atomic E-state index is 0.116. The van der Waals surface area contributed by atoms with Crippen molar-refractivity contribution >= 4 is 5.91 Å². The van der Waals surface area contributed by atoms with E-state index >= 15 is 0 Å². The molecule has 2 aromatic rings. The number of benzene rings is 1. The Morgan fingerprint density at radius 1 is 1.29 bits per heavy atom. The zero-order chi connectivity index (χ0) is 17.7. The van der Waals surface area contributed by atoms with E-state index in [1.54, 1.807) is 26.1 Å². The predicted molar refractivity (Wildman–Crippen MR) is 95.9 cm³/mol. The van der Waals surface area contributed by atoms with Gasteiger partial charge in [-0.2, -0.15) is 0 Å². The van der Waals surface area contributed by atoms with Crippen LogP contribution in [0.5, 0.6) is 0 Å². The van der Waals surface area contributed by atoms with Gasteiger partial charge in [0.2, 0.25) is 0 Å². The molecule has 0 aliphatic rings. The molecule has 0 bridgehead atoms. The lowest BCUT2D eigenvalue weighted by Gasteiger charge is -2.17. The minimum Gasteiger partial charge on any atom is -0.390 e. The van der Waals surface area contributed by atoms with Gasteiger partial charge in [-0.25, -0.2) is 0 Å². The number of hydrogen-bond acceptors (Lipinski definition) is 3. The molecule has 1 atom stereocenters. The van der Waals surface area contributed by atoms with Gasteiger partial charge in [0, 0.05) is 11.8 Å². The molecule has 1 aromatic heterocycles. The van der Waals surface area contributed by atoms with Gasteiger partial charge in [0.1, 0.15) is 0 Å². The molecular weight excluding hydrogens is 300 g/mol. The quantitative estimate of drug-likeness (QED) is 0.853. The van der Waals surface area contributed by atoms with Crippen LogP contribution in [0.4, 0.5) is 0 Å². The number of aryl methyl sites for hydroxylation is 2. The first-order valence-corrected chi connectivity index (χ1v) is 8.29. The smallest absolute Gasteiger partial charge is 0.251 e. The van der Waals surface area contributed by atoms with Gasteiger partial charge >= 0.3 is 0 Å². The van der Waals surface area contributed by atoms with Crippen LogP contribution < -0.4 is 5.32 Å². The summed E-state index contributed by atoms with van der Waals surface area (Å²) in [5, 5.41) is 12.8. The lowest BCUT2D eigenvalue weighted by molar-refractivity contribution is 0.0714. The number of carbonyl (C=O) groups is 1. The van der Waals surface area contributed by atoms with Gasteiger partial charge in [-0.05, 0) is 69.9 Å². The lowest BCUT2D eigenvalue weighted by atomic mass is 9.98. The van der Waals surface area contributed by atoms with Crippen LogP contribution >= 0.6 is 0 Å². The molecule has 4 heteroatoms. The van der Waals surface area contributed by atoms with E-state index in [0.717, 1.165) is 23.2 Å². The topological polar surface area (TPSA) is 62.2 Å². The van der Waals surface area contributed by atoms with Crippen LogP contribution in [0.15, 0.2) is 42.6 Å². The first-order valence-electron chi connectivity index (χ1n) is 8.29. The maximum atomic E-state index is 12.5. The summed E-state index contributed by atoms with van der Waals surface area (Å²) >= 11 is 0. The van der Waals surface area contributed by atoms with Crippen molar-refractivity contribution in [2.24, 2.45) is 0 Å². The molecular formula is C20H26N2O2. The summed E-state index contributed by atoms with van der Waals surface area (Å²) in [6.07, 6.45) is 3.19. The Bertz CT molecular complexity index is 688. The highest BCUT2D eigenvalue weighted by Gasteiger charge is 2.15.